The van der Waals surface area contributed by atoms with Crippen molar-refractivity contribution in [2.75, 3.05) is 5.32 Å². The van der Waals surface area contributed by atoms with Crippen molar-refractivity contribution in [2.45, 2.75) is 6.92 Å². The molecule has 3 aromatic rings. The molecule has 1 aromatic heterocycles. The lowest BCUT2D eigenvalue weighted by atomic mass is 10.1. The number of aromatic nitrogens is 2. The normalized spacial score (nSPS) is 10.6. The van der Waals surface area contributed by atoms with E-state index in [2.05, 4.69) is 15.5 Å². The van der Waals surface area contributed by atoms with Crippen molar-refractivity contribution in [3.8, 4) is 11.4 Å². The fourth-order valence-corrected chi connectivity index (χ4v) is 1.99. The van der Waals surface area contributed by atoms with Crippen molar-refractivity contribution >= 4 is 11.6 Å². The zero-order valence-corrected chi connectivity index (χ0v) is 12.0. The smallest absolute Gasteiger partial charge is 0.255 e. The minimum atomic E-state index is -1.08. The Hall–Kier alpha value is -3.09. The van der Waals surface area contributed by atoms with Gasteiger partial charge in [0.15, 0.2) is 11.6 Å². The molecule has 1 heterocycles. The SMILES string of the molecule is Cc1nc(-c2cccc(NC(=O)c3ccc(F)c(F)c3)c2)no1. The Labute approximate surface area is 130 Å². The quantitative estimate of drug-likeness (QED) is 0.802. The number of nitrogens with zero attached hydrogens (tertiary/aromatic N) is 2. The summed E-state index contributed by atoms with van der Waals surface area (Å²) >= 11 is 0. The monoisotopic (exact) mass is 315 g/mol. The van der Waals surface area contributed by atoms with Gasteiger partial charge in [0.2, 0.25) is 11.7 Å². The Bertz CT molecular complexity index is 877. The second-order valence-electron chi connectivity index (χ2n) is 4.80. The maximum atomic E-state index is 13.2. The third-order valence-corrected chi connectivity index (χ3v) is 3.09. The van der Waals surface area contributed by atoms with Crippen LogP contribution in [-0.4, -0.2) is 16.0 Å². The minimum absolute atomic E-state index is 0.0182. The molecule has 2 aromatic carbocycles. The van der Waals surface area contributed by atoms with Gasteiger partial charge in [-0.2, -0.15) is 4.98 Å². The van der Waals surface area contributed by atoms with Gasteiger partial charge in [0.05, 0.1) is 0 Å². The van der Waals surface area contributed by atoms with Gasteiger partial charge >= 0.3 is 0 Å². The molecule has 0 aliphatic rings. The molecule has 0 atom stereocenters. The van der Waals surface area contributed by atoms with Crippen LogP contribution in [-0.2, 0) is 0 Å². The topological polar surface area (TPSA) is 68.0 Å². The van der Waals surface area contributed by atoms with Gasteiger partial charge in [-0.25, -0.2) is 8.78 Å². The molecule has 3 rings (SSSR count). The number of rotatable bonds is 3. The van der Waals surface area contributed by atoms with Crippen LogP contribution >= 0.6 is 0 Å². The summed E-state index contributed by atoms with van der Waals surface area (Å²) in [5.74, 6) is -1.81. The largest absolute Gasteiger partial charge is 0.339 e. The predicted molar refractivity (Wildman–Crippen MR) is 78.8 cm³/mol. The first-order valence-corrected chi connectivity index (χ1v) is 6.70. The number of halogens is 2. The van der Waals surface area contributed by atoms with Crippen molar-refractivity contribution in [1.82, 2.24) is 10.1 Å². The average molecular weight is 315 g/mol. The first-order valence-electron chi connectivity index (χ1n) is 6.70. The lowest BCUT2D eigenvalue weighted by molar-refractivity contribution is 0.102. The number of amides is 1. The molecule has 0 saturated carbocycles. The highest BCUT2D eigenvalue weighted by molar-refractivity contribution is 6.04. The van der Waals surface area contributed by atoms with Crippen LogP contribution in [0.15, 0.2) is 47.0 Å². The van der Waals surface area contributed by atoms with E-state index >= 15 is 0 Å². The highest BCUT2D eigenvalue weighted by Gasteiger charge is 2.11. The molecule has 0 saturated heterocycles. The van der Waals surface area contributed by atoms with E-state index in [1.54, 1.807) is 31.2 Å². The maximum absolute atomic E-state index is 13.2. The molecule has 0 unspecified atom stereocenters. The van der Waals surface area contributed by atoms with Crippen LogP contribution in [0.1, 0.15) is 16.2 Å². The molecule has 0 fully saturated rings. The molecule has 116 valence electrons. The highest BCUT2D eigenvalue weighted by atomic mass is 19.2. The molecule has 7 heteroatoms. The first-order chi connectivity index (χ1) is 11.0. The third-order valence-electron chi connectivity index (χ3n) is 3.09. The molecule has 5 nitrogen and oxygen atoms in total. The summed E-state index contributed by atoms with van der Waals surface area (Å²) in [6, 6.07) is 9.75. The van der Waals surface area contributed by atoms with E-state index in [0.29, 0.717) is 23.0 Å². The molecular weight excluding hydrogens is 304 g/mol. The summed E-state index contributed by atoms with van der Waals surface area (Å²) in [5, 5.41) is 6.40. The summed E-state index contributed by atoms with van der Waals surface area (Å²) in [6.45, 7) is 1.67. The van der Waals surface area contributed by atoms with Gasteiger partial charge in [0.1, 0.15) is 0 Å². The molecule has 0 aliphatic carbocycles. The van der Waals surface area contributed by atoms with E-state index < -0.39 is 17.5 Å². The lowest BCUT2D eigenvalue weighted by Crippen LogP contribution is -2.12. The van der Waals surface area contributed by atoms with Crippen molar-refractivity contribution in [1.29, 1.82) is 0 Å². The molecule has 1 N–H and O–H groups in total. The van der Waals surface area contributed by atoms with Crippen LogP contribution in [0, 0.1) is 18.6 Å². The van der Waals surface area contributed by atoms with Gasteiger partial charge < -0.3 is 9.84 Å². The van der Waals surface area contributed by atoms with Gasteiger partial charge in [-0.15, -0.1) is 0 Å². The van der Waals surface area contributed by atoms with Crippen LogP contribution in [0.4, 0.5) is 14.5 Å². The Kier molecular flexibility index (Phi) is 3.84. The molecule has 1 amide bonds. The van der Waals surface area contributed by atoms with E-state index in [-0.39, 0.29) is 5.56 Å². The number of benzene rings is 2. The third kappa shape index (κ3) is 3.23. The summed E-state index contributed by atoms with van der Waals surface area (Å²) in [4.78, 5) is 16.2. The zero-order chi connectivity index (χ0) is 16.4. The van der Waals surface area contributed by atoms with Crippen LogP contribution in [0.25, 0.3) is 11.4 Å². The van der Waals surface area contributed by atoms with Crippen molar-refractivity contribution < 1.29 is 18.1 Å². The molecular formula is C16H11F2N3O2. The van der Waals surface area contributed by atoms with E-state index in [4.69, 9.17) is 4.52 Å². The first kappa shape index (κ1) is 14.8. The summed E-state index contributed by atoms with van der Waals surface area (Å²) < 4.78 is 31.0. The second-order valence-corrected chi connectivity index (χ2v) is 4.80. The Balaban J connectivity index is 1.82. The van der Waals surface area contributed by atoms with Crippen LogP contribution in [0.5, 0.6) is 0 Å². The lowest BCUT2D eigenvalue weighted by Gasteiger charge is -2.06. The number of anilines is 1. The highest BCUT2D eigenvalue weighted by Crippen LogP contribution is 2.20. The van der Waals surface area contributed by atoms with E-state index in [0.717, 1.165) is 12.1 Å². The predicted octanol–water partition coefficient (Wildman–Crippen LogP) is 3.58. The zero-order valence-electron chi connectivity index (χ0n) is 12.0. The molecule has 0 aliphatic heterocycles. The minimum Gasteiger partial charge on any atom is -0.339 e. The van der Waals surface area contributed by atoms with E-state index in [9.17, 15) is 13.6 Å². The average Bonchev–Trinajstić information content (AvgIpc) is 2.97. The summed E-state index contributed by atoms with van der Waals surface area (Å²) in [5.41, 5.74) is 1.15. The number of carbonyl (C=O) groups is 1. The number of carbonyl (C=O) groups excluding carboxylic acids is 1. The number of hydrogen-bond donors (Lipinski definition) is 1. The van der Waals surface area contributed by atoms with E-state index in [1.807, 2.05) is 0 Å². The van der Waals surface area contributed by atoms with Gasteiger partial charge in [-0.05, 0) is 30.3 Å². The maximum Gasteiger partial charge on any atom is 0.255 e. The van der Waals surface area contributed by atoms with Gasteiger partial charge in [0.25, 0.3) is 5.91 Å². The van der Waals surface area contributed by atoms with Gasteiger partial charge in [-0.1, -0.05) is 17.3 Å². The molecule has 23 heavy (non-hydrogen) atoms. The van der Waals surface area contributed by atoms with E-state index in [1.165, 1.54) is 6.07 Å². The molecule has 0 bridgehead atoms. The van der Waals surface area contributed by atoms with Crippen LogP contribution in [0.3, 0.4) is 0 Å². The number of aryl methyl sites for hydroxylation is 1. The summed E-state index contributed by atoms with van der Waals surface area (Å²) in [7, 11) is 0. The fourth-order valence-electron chi connectivity index (χ4n) is 1.99. The van der Waals surface area contributed by atoms with Crippen molar-refractivity contribution in [3.05, 3.63) is 65.6 Å². The molecule has 0 radical (unpaired) electrons. The Morgan fingerprint density at radius 3 is 2.65 bits per heavy atom. The van der Waals surface area contributed by atoms with Crippen LogP contribution in [0.2, 0.25) is 0 Å². The van der Waals surface area contributed by atoms with Gasteiger partial charge in [0, 0.05) is 23.7 Å². The van der Waals surface area contributed by atoms with Crippen molar-refractivity contribution in [2.24, 2.45) is 0 Å². The Morgan fingerprint density at radius 1 is 1.13 bits per heavy atom. The molecule has 0 spiro atoms. The van der Waals surface area contributed by atoms with Crippen molar-refractivity contribution in [3.63, 3.8) is 0 Å². The fraction of sp³-hybridized carbons (Fsp3) is 0.0625. The summed E-state index contributed by atoms with van der Waals surface area (Å²) in [6.07, 6.45) is 0. The van der Waals surface area contributed by atoms with Gasteiger partial charge in [-0.3, -0.25) is 4.79 Å². The standard InChI is InChI=1S/C16H11F2N3O2/c1-9-19-15(21-23-9)10-3-2-4-12(7-10)20-16(22)11-5-6-13(17)14(18)8-11/h2-8H,1H3,(H,20,22). The second kappa shape index (κ2) is 5.96. The van der Waals surface area contributed by atoms with Crippen LogP contribution < -0.4 is 5.32 Å². The number of nitrogens with one attached hydrogen (secondary N) is 1. The number of hydrogen-bond acceptors (Lipinski definition) is 4. The Morgan fingerprint density at radius 2 is 1.96 bits per heavy atom.